The van der Waals surface area contributed by atoms with E-state index in [9.17, 15) is 0 Å². The first-order chi connectivity index (χ1) is 6.50. The molecule has 0 aliphatic rings. The Labute approximate surface area is 92.0 Å². The number of hydrogen-bond donors (Lipinski definition) is 0. The average molecular weight is 215 g/mol. The molecule has 0 atom stereocenters. The van der Waals surface area contributed by atoms with E-state index in [1.807, 2.05) is 0 Å². The summed E-state index contributed by atoms with van der Waals surface area (Å²) in [6.07, 6.45) is 8.57. The fraction of sp³-hybridized carbons (Fsp3) is 1.00. The van der Waals surface area contributed by atoms with Crippen molar-refractivity contribution in [2.24, 2.45) is 0 Å². The molecule has 0 aromatic rings. The van der Waals surface area contributed by atoms with Crippen molar-refractivity contribution in [3.05, 3.63) is 0 Å². The van der Waals surface area contributed by atoms with Crippen LogP contribution in [0.1, 0.15) is 45.4 Å². The second kappa shape index (κ2) is 7.47. The van der Waals surface area contributed by atoms with Gasteiger partial charge in [-0.25, -0.2) is 0 Å². The number of nitrogens with zero attached hydrogens (tertiary/aromatic N) is 1. The van der Waals surface area contributed by atoms with Gasteiger partial charge in [-0.15, -0.1) is 0 Å². The highest BCUT2D eigenvalue weighted by Gasteiger charge is 2.22. The lowest BCUT2D eigenvalue weighted by Gasteiger charge is -2.30. The lowest BCUT2D eigenvalue weighted by molar-refractivity contribution is 0.589. The van der Waals surface area contributed by atoms with Crippen molar-refractivity contribution < 1.29 is 0 Å². The van der Waals surface area contributed by atoms with Gasteiger partial charge in [-0.3, -0.25) is 0 Å². The molecule has 0 heterocycles. The van der Waals surface area contributed by atoms with E-state index in [1.54, 1.807) is 0 Å². The molecule has 0 saturated heterocycles. The predicted octanol–water partition coefficient (Wildman–Crippen LogP) is 4.11. The molecule has 0 aliphatic heterocycles. The predicted molar refractivity (Wildman–Crippen MR) is 69.4 cm³/mol. The van der Waals surface area contributed by atoms with Crippen molar-refractivity contribution in [1.82, 2.24) is 4.57 Å². The zero-order valence-electron chi connectivity index (χ0n) is 10.9. The third kappa shape index (κ3) is 6.60. The van der Waals surface area contributed by atoms with Crippen molar-refractivity contribution in [3.8, 4) is 0 Å². The maximum Gasteiger partial charge on any atom is 0.121 e. The maximum atomic E-state index is 2.47. The molecule has 0 saturated carbocycles. The fourth-order valence-corrected chi connectivity index (χ4v) is 3.12. The zero-order chi connectivity index (χ0) is 11.0. The fourth-order valence-electron chi connectivity index (χ4n) is 1.56. The minimum atomic E-state index is -1.02. The van der Waals surface area contributed by atoms with Crippen LogP contribution in [0.5, 0.6) is 0 Å². The van der Waals surface area contributed by atoms with E-state index in [-0.39, 0.29) is 0 Å². The number of unbranched alkanes of at least 4 members (excludes halogenated alkanes) is 5. The Kier molecular flexibility index (Phi) is 7.56. The van der Waals surface area contributed by atoms with Gasteiger partial charge in [0.25, 0.3) is 0 Å². The highest BCUT2D eigenvalue weighted by atomic mass is 28.3. The molecule has 0 radical (unpaired) electrons. The highest BCUT2D eigenvalue weighted by Crippen LogP contribution is 2.17. The van der Waals surface area contributed by atoms with Crippen LogP contribution >= 0.6 is 0 Å². The molecule has 0 rings (SSSR count). The Balaban J connectivity index is 3.35. The molecule has 86 valence electrons. The molecule has 0 aromatic carbocycles. The van der Waals surface area contributed by atoms with Crippen LogP contribution in [0.25, 0.3) is 0 Å². The lowest BCUT2D eigenvalue weighted by atomic mass is 10.1. The van der Waals surface area contributed by atoms with E-state index in [0.29, 0.717) is 0 Å². The van der Waals surface area contributed by atoms with Gasteiger partial charge in [-0.2, -0.15) is 0 Å². The van der Waals surface area contributed by atoms with E-state index < -0.39 is 8.24 Å². The van der Waals surface area contributed by atoms with Crippen LogP contribution in [0.4, 0.5) is 0 Å². The monoisotopic (exact) mass is 215 g/mol. The number of hydrogen-bond acceptors (Lipinski definition) is 1. The summed E-state index contributed by atoms with van der Waals surface area (Å²) >= 11 is 0. The molecule has 0 fully saturated rings. The van der Waals surface area contributed by atoms with E-state index in [0.717, 1.165) is 0 Å². The largest absolute Gasteiger partial charge is 0.329 e. The standard InChI is InChI=1S/C12H29NSi/c1-6-7-8-9-10-11-12-14(4,5)13(2)3/h6-12H2,1-5H3. The molecule has 0 unspecified atom stereocenters. The summed E-state index contributed by atoms with van der Waals surface area (Å²) in [6.45, 7) is 7.22. The Bertz CT molecular complexity index is 132. The quantitative estimate of drug-likeness (QED) is 0.435. The Hall–Kier alpha value is 0.177. The van der Waals surface area contributed by atoms with Crippen LogP contribution < -0.4 is 0 Å². The van der Waals surface area contributed by atoms with Crippen molar-refractivity contribution in [1.29, 1.82) is 0 Å². The van der Waals surface area contributed by atoms with Crippen LogP contribution in [0.2, 0.25) is 19.1 Å². The van der Waals surface area contributed by atoms with Gasteiger partial charge in [-0.05, 0) is 20.1 Å². The summed E-state index contributed by atoms with van der Waals surface area (Å²) in [5.41, 5.74) is 0. The van der Waals surface area contributed by atoms with Gasteiger partial charge >= 0.3 is 0 Å². The number of rotatable bonds is 8. The van der Waals surface area contributed by atoms with Crippen LogP contribution in [0, 0.1) is 0 Å². The smallest absolute Gasteiger partial charge is 0.121 e. The summed E-state index contributed by atoms with van der Waals surface area (Å²) in [4.78, 5) is 0. The summed E-state index contributed by atoms with van der Waals surface area (Å²) in [5.74, 6) is 0. The van der Waals surface area contributed by atoms with E-state index in [2.05, 4.69) is 38.7 Å². The normalized spacial score (nSPS) is 12.4. The molecule has 0 spiro atoms. The minimum absolute atomic E-state index is 1.02. The van der Waals surface area contributed by atoms with E-state index in [1.165, 1.54) is 44.6 Å². The second-order valence-electron chi connectivity index (χ2n) is 5.22. The first-order valence-corrected chi connectivity index (χ1v) is 9.33. The van der Waals surface area contributed by atoms with Crippen molar-refractivity contribution in [2.45, 2.75) is 64.6 Å². The molecular weight excluding hydrogens is 186 g/mol. The first kappa shape index (κ1) is 14.2. The Morgan fingerprint density at radius 3 is 1.86 bits per heavy atom. The third-order valence-corrected chi connectivity index (χ3v) is 7.35. The minimum Gasteiger partial charge on any atom is -0.329 e. The Morgan fingerprint density at radius 1 is 0.857 bits per heavy atom. The lowest BCUT2D eigenvalue weighted by Crippen LogP contribution is -2.43. The van der Waals surface area contributed by atoms with E-state index in [4.69, 9.17) is 0 Å². The summed E-state index contributed by atoms with van der Waals surface area (Å²) < 4.78 is 2.47. The van der Waals surface area contributed by atoms with Crippen LogP contribution in [0.15, 0.2) is 0 Å². The SMILES string of the molecule is CCCCCCCC[Si](C)(C)N(C)C. The molecule has 1 nitrogen and oxygen atoms in total. The molecule has 0 amide bonds. The average Bonchev–Trinajstić information content (AvgIpc) is 2.10. The van der Waals surface area contributed by atoms with Gasteiger partial charge in [-0.1, -0.05) is 58.5 Å². The van der Waals surface area contributed by atoms with Crippen LogP contribution in [0.3, 0.4) is 0 Å². The van der Waals surface area contributed by atoms with Gasteiger partial charge in [0.1, 0.15) is 8.24 Å². The molecular formula is C12H29NSi. The third-order valence-electron chi connectivity index (χ3n) is 3.35. The van der Waals surface area contributed by atoms with Gasteiger partial charge in [0.2, 0.25) is 0 Å². The molecule has 14 heavy (non-hydrogen) atoms. The Morgan fingerprint density at radius 2 is 1.36 bits per heavy atom. The molecule has 0 aliphatic carbocycles. The van der Waals surface area contributed by atoms with Gasteiger partial charge in [0.05, 0.1) is 0 Å². The first-order valence-electron chi connectivity index (χ1n) is 6.18. The highest BCUT2D eigenvalue weighted by molar-refractivity contribution is 6.74. The van der Waals surface area contributed by atoms with Crippen molar-refractivity contribution >= 4 is 8.24 Å². The zero-order valence-corrected chi connectivity index (χ0v) is 11.9. The van der Waals surface area contributed by atoms with Crippen molar-refractivity contribution in [3.63, 3.8) is 0 Å². The molecule has 0 aromatic heterocycles. The van der Waals surface area contributed by atoms with Gasteiger partial charge in [0.15, 0.2) is 0 Å². The van der Waals surface area contributed by atoms with Crippen LogP contribution in [-0.2, 0) is 0 Å². The van der Waals surface area contributed by atoms with Crippen LogP contribution in [-0.4, -0.2) is 26.9 Å². The second-order valence-corrected chi connectivity index (χ2v) is 10.2. The summed E-state index contributed by atoms with van der Waals surface area (Å²) in [7, 11) is 3.46. The topological polar surface area (TPSA) is 3.24 Å². The van der Waals surface area contributed by atoms with Crippen molar-refractivity contribution in [2.75, 3.05) is 14.1 Å². The molecule has 2 heteroatoms. The molecule has 0 bridgehead atoms. The summed E-state index contributed by atoms with van der Waals surface area (Å²) in [6, 6.07) is 1.46. The maximum absolute atomic E-state index is 2.47. The van der Waals surface area contributed by atoms with Gasteiger partial charge < -0.3 is 4.57 Å². The van der Waals surface area contributed by atoms with Gasteiger partial charge in [0, 0.05) is 0 Å². The molecule has 0 N–H and O–H groups in total. The van der Waals surface area contributed by atoms with E-state index >= 15 is 0 Å². The summed E-state index contributed by atoms with van der Waals surface area (Å²) in [5, 5.41) is 0.